The van der Waals surface area contributed by atoms with Gasteiger partial charge in [-0.05, 0) is 55.3 Å². The van der Waals surface area contributed by atoms with Crippen LogP contribution in [0.2, 0.25) is 0 Å². The maximum atomic E-state index is 14.1. The third-order valence-corrected chi connectivity index (χ3v) is 3.67. The molecule has 2 aromatic rings. The lowest BCUT2D eigenvalue weighted by Crippen LogP contribution is -2.19. The quantitative estimate of drug-likeness (QED) is 0.736. The first-order valence-electron chi connectivity index (χ1n) is 7.53. The topological polar surface area (TPSA) is 12.0 Å². The summed E-state index contributed by atoms with van der Waals surface area (Å²) in [5.74, 6) is -2.33. The predicted molar refractivity (Wildman–Crippen MR) is 82.4 cm³/mol. The van der Waals surface area contributed by atoms with E-state index in [9.17, 15) is 13.2 Å². The van der Waals surface area contributed by atoms with Crippen LogP contribution < -0.4 is 5.32 Å². The van der Waals surface area contributed by atoms with Gasteiger partial charge in [0, 0.05) is 5.92 Å². The van der Waals surface area contributed by atoms with Gasteiger partial charge in [0.15, 0.2) is 11.6 Å². The van der Waals surface area contributed by atoms with Crippen molar-refractivity contribution >= 4 is 0 Å². The zero-order valence-electron chi connectivity index (χ0n) is 12.6. The van der Waals surface area contributed by atoms with Gasteiger partial charge in [0.05, 0.1) is 0 Å². The zero-order valence-corrected chi connectivity index (χ0v) is 12.6. The van der Waals surface area contributed by atoms with Crippen LogP contribution in [0.15, 0.2) is 42.5 Å². The lowest BCUT2D eigenvalue weighted by molar-refractivity contribution is 0.487. The molecule has 1 atom stereocenters. The van der Waals surface area contributed by atoms with Crippen molar-refractivity contribution in [1.29, 1.82) is 0 Å². The molecule has 1 unspecified atom stereocenters. The van der Waals surface area contributed by atoms with Crippen molar-refractivity contribution in [3.05, 3.63) is 71.0 Å². The highest BCUT2D eigenvalue weighted by Crippen LogP contribution is 2.30. The fourth-order valence-corrected chi connectivity index (χ4v) is 2.53. The fourth-order valence-electron chi connectivity index (χ4n) is 2.53. The highest BCUT2D eigenvalue weighted by Gasteiger charge is 2.20. The van der Waals surface area contributed by atoms with Crippen LogP contribution in [-0.2, 0) is 0 Å². The smallest absolute Gasteiger partial charge is 0.162 e. The first kappa shape index (κ1) is 16.6. The van der Waals surface area contributed by atoms with E-state index < -0.39 is 11.6 Å². The predicted octanol–water partition coefficient (Wildman–Crippen LogP) is 4.63. The summed E-state index contributed by atoms with van der Waals surface area (Å²) in [6.45, 7) is 3.63. The van der Waals surface area contributed by atoms with Crippen LogP contribution >= 0.6 is 0 Å². The number of halogens is 3. The van der Waals surface area contributed by atoms with Gasteiger partial charge >= 0.3 is 0 Å². The van der Waals surface area contributed by atoms with Gasteiger partial charge < -0.3 is 5.32 Å². The number of hydrogen-bond donors (Lipinski definition) is 1. The molecule has 0 bridgehead atoms. The maximum absolute atomic E-state index is 14.1. The highest BCUT2D eigenvalue weighted by atomic mass is 19.2. The lowest BCUT2D eigenvalue weighted by Gasteiger charge is -2.19. The van der Waals surface area contributed by atoms with E-state index in [0.717, 1.165) is 24.6 Å². The zero-order chi connectivity index (χ0) is 15.9. The van der Waals surface area contributed by atoms with Crippen LogP contribution in [0.5, 0.6) is 0 Å². The molecule has 1 N–H and O–H groups in total. The van der Waals surface area contributed by atoms with Gasteiger partial charge in [-0.25, -0.2) is 13.2 Å². The second-order valence-electron chi connectivity index (χ2n) is 5.29. The normalized spacial score (nSPS) is 12.4. The van der Waals surface area contributed by atoms with Crippen molar-refractivity contribution in [3.8, 4) is 0 Å². The summed E-state index contributed by atoms with van der Waals surface area (Å²) in [7, 11) is 0. The molecule has 0 aliphatic carbocycles. The number of nitrogens with one attached hydrogen (secondary N) is 1. The molecule has 0 aliphatic rings. The van der Waals surface area contributed by atoms with E-state index in [1.807, 2.05) is 0 Å². The molecule has 0 amide bonds. The Labute approximate surface area is 129 Å². The van der Waals surface area contributed by atoms with E-state index in [2.05, 4.69) is 12.2 Å². The Morgan fingerprint density at radius 2 is 1.68 bits per heavy atom. The van der Waals surface area contributed by atoms with Gasteiger partial charge in [-0.3, -0.25) is 0 Å². The maximum Gasteiger partial charge on any atom is 0.162 e. The van der Waals surface area contributed by atoms with Crippen LogP contribution in [0.25, 0.3) is 0 Å². The van der Waals surface area contributed by atoms with E-state index >= 15 is 0 Å². The summed E-state index contributed by atoms with van der Waals surface area (Å²) in [6, 6.07) is 10.2. The molecule has 118 valence electrons. The van der Waals surface area contributed by atoms with Crippen LogP contribution in [0.3, 0.4) is 0 Å². The summed E-state index contributed by atoms with van der Waals surface area (Å²) in [5.41, 5.74) is 1.09. The molecule has 0 aromatic heterocycles. The average molecular weight is 307 g/mol. The second-order valence-corrected chi connectivity index (χ2v) is 5.29. The second kappa shape index (κ2) is 7.99. The van der Waals surface area contributed by atoms with E-state index in [4.69, 9.17) is 0 Å². The molecule has 1 nitrogen and oxygen atoms in total. The molecule has 2 rings (SSSR count). The Hall–Kier alpha value is -1.81. The van der Waals surface area contributed by atoms with Crippen molar-refractivity contribution in [1.82, 2.24) is 5.32 Å². The molecule has 0 spiro atoms. The van der Waals surface area contributed by atoms with Gasteiger partial charge in [0.25, 0.3) is 0 Å². The van der Waals surface area contributed by atoms with Gasteiger partial charge in [0.2, 0.25) is 0 Å². The average Bonchev–Trinajstić information content (AvgIpc) is 2.52. The molecule has 0 saturated carbocycles. The molecular weight excluding hydrogens is 287 g/mol. The summed E-state index contributed by atoms with van der Waals surface area (Å²) in [5, 5.41) is 3.26. The minimum absolute atomic E-state index is 0.305. The van der Waals surface area contributed by atoms with E-state index in [1.165, 1.54) is 18.2 Å². The van der Waals surface area contributed by atoms with Crippen molar-refractivity contribution in [2.75, 3.05) is 13.1 Å². The third kappa shape index (κ3) is 4.10. The molecule has 0 aliphatic heterocycles. The SMILES string of the molecule is CCCNCCC(c1ccc(F)cc1)c1cccc(F)c1F. The van der Waals surface area contributed by atoms with Crippen LogP contribution in [-0.4, -0.2) is 13.1 Å². The number of benzene rings is 2. The molecule has 0 heterocycles. The number of rotatable bonds is 7. The summed E-state index contributed by atoms with van der Waals surface area (Å²) >= 11 is 0. The summed E-state index contributed by atoms with van der Waals surface area (Å²) < 4.78 is 40.7. The van der Waals surface area contributed by atoms with E-state index in [-0.39, 0.29) is 11.7 Å². The standard InChI is InChI=1S/C18H20F3N/c1-2-11-22-12-10-15(13-6-8-14(19)9-7-13)16-4-3-5-17(20)18(16)21/h3-9,15,22H,2,10-12H2,1H3. The van der Waals surface area contributed by atoms with Crippen LogP contribution in [0.4, 0.5) is 13.2 Å². The Kier molecular flexibility index (Phi) is 6.01. The molecule has 0 fully saturated rings. The fraction of sp³-hybridized carbons (Fsp3) is 0.333. The Morgan fingerprint density at radius 3 is 2.36 bits per heavy atom. The molecule has 22 heavy (non-hydrogen) atoms. The molecular formula is C18H20F3N. The van der Waals surface area contributed by atoms with E-state index in [0.29, 0.717) is 18.5 Å². The third-order valence-electron chi connectivity index (χ3n) is 3.67. The van der Waals surface area contributed by atoms with Crippen molar-refractivity contribution < 1.29 is 13.2 Å². The summed E-state index contributed by atoms with van der Waals surface area (Å²) in [4.78, 5) is 0. The first-order valence-corrected chi connectivity index (χ1v) is 7.53. The lowest BCUT2D eigenvalue weighted by atomic mass is 9.88. The molecule has 4 heteroatoms. The van der Waals surface area contributed by atoms with Gasteiger partial charge in [0.1, 0.15) is 5.82 Å². The minimum Gasteiger partial charge on any atom is -0.317 e. The Balaban J connectivity index is 2.28. The van der Waals surface area contributed by atoms with Gasteiger partial charge in [-0.2, -0.15) is 0 Å². The van der Waals surface area contributed by atoms with Crippen LogP contribution in [0.1, 0.15) is 36.8 Å². The van der Waals surface area contributed by atoms with E-state index in [1.54, 1.807) is 18.2 Å². The van der Waals surface area contributed by atoms with Gasteiger partial charge in [-0.1, -0.05) is 31.2 Å². The number of hydrogen-bond acceptors (Lipinski definition) is 1. The first-order chi connectivity index (χ1) is 10.6. The van der Waals surface area contributed by atoms with Crippen LogP contribution in [0, 0.1) is 17.5 Å². The Morgan fingerprint density at radius 1 is 0.955 bits per heavy atom. The highest BCUT2D eigenvalue weighted by molar-refractivity contribution is 5.34. The van der Waals surface area contributed by atoms with Crippen molar-refractivity contribution in [2.24, 2.45) is 0 Å². The largest absolute Gasteiger partial charge is 0.317 e. The molecule has 0 radical (unpaired) electrons. The monoisotopic (exact) mass is 307 g/mol. The Bertz CT molecular complexity index is 596. The van der Waals surface area contributed by atoms with Crippen molar-refractivity contribution in [2.45, 2.75) is 25.7 Å². The van der Waals surface area contributed by atoms with Crippen molar-refractivity contribution in [3.63, 3.8) is 0 Å². The van der Waals surface area contributed by atoms with Gasteiger partial charge in [-0.15, -0.1) is 0 Å². The molecule has 2 aromatic carbocycles. The molecule has 0 saturated heterocycles. The minimum atomic E-state index is -0.855. The summed E-state index contributed by atoms with van der Waals surface area (Å²) in [6.07, 6.45) is 1.63.